The molecule has 1 unspecified atom stereocenters. The van der Waals surface area contributed by atoms with Crippen molar-refractivity contribution in [2.24, 2.45) is 13.0 Å². The summed E-state index contributed by atoms with van der Waals surface area (Å²) in [6, 6.07) is 8.31. The van der Waals surface area contributed by atoms with Crippen LogP contribution in [-0.2, 0) is 18.3 Å². The van der Waals surface area contributed by atoms with Gasteiger partial charge in [-0.1, -0.05) is 36.8 Å². The van der Waals surface area contributed by atoms with Crippen molar-refractivity contribution in [3.8, 4) is 0 Å². The fourth-order valence-corrected chi connectivity index (χ4v) is 3.17. The molecule has 2 N–H and O–H groups in total. The van der Waals surface area contributed by atoms with Gasteiger partial charge in [0.05, 0.1) is 0 Å². The molecule has 0 radical (unpaired) electrons. The molecule has 0 saturated carbocycles. The van der Waals surface area contributed by atoms with Crippen LogP contribution in [-0.4, -0.2) is 33.8 Å². The summed E-state index contributed by atoms with van der Waals surface area (Å²) in [5.74, 6) is 1.61. The highest BCUT2D eigenvalue weighted by Crippen LogP contribution is 2.23. The quantitative estimate of drug-likeness (QED) is 0.876. The molecule has 1 saturated heterocycles. The monoisotopic (exact) mass is 341 g/mol. The lowest BCUT2D eigenvalue weighted by Crippen LogP contribution is -2.27. The molecule has 1 amide bonds. The number of piperidine rings is 1. The second-order valence-corrected chi connectivity index (χ2v) is 7.02. The first-order chi connectivity index (χ1) is 12.0. The third kappa shape index (κ3) is 4.45. The van der Waals surface area contributed by atoms with Crippen LogP contribution in [0.1, 0.15) is 42.6 Å². The zero-order valence-electron chi connectivity index (χ0n) is 15.2. The number of nitrogens with one attached hydrogen (secondary N) is 2. The Labute approximate surface area is 149 Å². The minimum absolute atomic E-state index is 0.0204. The molecule has 1 aliphatic rings. The van der Waals surface area contributed by atoms with E-state index in [9.17, 15) is 4.79 Å². The predicted octanol–water partition coefficient (Wildman–Crippen LogP) is 2.41. The van der Waals surface area contributed by atoms with E-state index in [1.54, 1.807) is 4.68 Å². The normalized spacial score (nSPS) is 16.6. The van der Waals surface area contributed by atoms with Gasteiger partial charge in [0.1, 0.15) is 0 Å². The third-order valence-corrected chi connectivity index (χ3v) is 4.83. The van der Waals surface area contributed by atoms with Crippen LogP contribution < -0.4 is 10.6 Å². The van der Waals surface area contributed by atoms with Crippen molar-refractivity contribution in [3.63, 3.8) is 0 Å². The fraction of sp³-hybridized carbons (Fsp3) is 0.526. The topological polar surface area (TPSA) is 71.8 Å². The van der Waals surface area contributed by atoms with Gasteiger partial charge >= 0.3 is 0 Å². The van der Waals surface area contributed by atoms with E-state index < -0.39 is 0 Å². The van der Waals surface area contributed by atoms with Crippen LogP contribution in [0.3, 0.4) is 0 Å². The molecule has 1 aliphatic heterocycles. The van der Waals surface area contributed by atoms with Crippen LogP contribution in [0.2, 0.25) is 0 Å². The Balaban J connectivity index is 1.61. The molecule has 6 nitrogen and oxygen atoms in total. The number of carbonyl (C=O) groups is 1. The highest BCUT2D eigenvalue weighted by molar-refractivity contribution is 5.90. The second kappa shape index (κ2) is 7.78. The molecule has 1 aromatic carbocycles. The smallest absolute Gasteiger partial charge is 0.229 e. The molecule has 2 aromatic rings. The number of hydrogen-bond donors (Lipinski definition) is 2. The highest BCUT2D eigenvalue weighted by atomic mass is 16.2. The Morgan fingerprint density at radius 2 is 2.00 bits per heavy atom. The van der Waals surface area contributed by atoms with Crippen molar-refractivity contribution >= 4 is 11.9 Å². The van der Waals surface area contributed by atoms with E-state index in [-0.39, 0.29) is 11.8 Å². The lowest BCUT2D eigenvalue weighted by atomic mass is 9.98. The van der Waals surface area contributed by atoms with Gasteiger partial charge < -0.3 is 5.32 Å². The molecule has 0 spiro atoms. The van der Waals surface area contributed by atoms with Crippen LogP contribution >= 0.6 is 0 Å². The molecule has 0 aliphatic carbocycles. The van der Waals surface area contributed by atoms with Crippen LogP contribution in [0.4, 0.5) is 5.95 Å². The Morgan fingerprint density at radius 3 is 2.68 bits per heavy atom. The van der Waals surface area contributed by atoms with Crippen LogP contribution in [0, 0.1) is 12.8 Å². The summed E-state index contributed by atoms with van der Waals surface area (Å²) in [6.45, 7) is 6.00. The van der Waals surface area contributed by atoms with E-state index in [1.807, 2.05) is 14.0 Å². The summed E-state index contributed by atoms with van der Waals surface area (Å²) >= 11 is 0. The number of rotatable bonds is 5. The fourth-order valence-electron chi connectivity index (χ4n) is 3.17. The number of aromatic nitrogens is 3. The average Bonchev–Trinajstić information content (AvgIpc) is 2.98. The molecular weight excluding hydrogens is 314 g/mol. The van der Waals surface area contributed by atoms with Crippen LogP contribution in [0.5, 0.6) is 0 Å². The van der Waals surface area contributed by atoms with E-state index in [0.29, 0.717) is 18.3 Å². The van der Waals surface area contributed by atoms with E-state index in [2.05, 4.69) is 51.9 Å². The predicted molar refractivity (Wildman–Crippen MR) is 98.5 cm³/mol. The number of amides is 1. The molecule has 3 rings (SSSR count). The molecule has 1 atom stereocenters. The van der Waals surface area contributed by atoms with Crippen molar-refractivity contribution in [2.75, 3.05) is 18.4 Å². The molecule has 6 heteroatoms. The molecule has 1 aromatic heterocycles. The van der Waals surface area contributed by atoms with Crippen LogP contribution in [0.15, 0.2) is 24.3 Å². The maximum absolute atomic E-state index is 12.5. The van der Waals surface area contributed by atoms with Crippen molar-refractivity contribution in [2.45, 2.75) is 39.0 Å². The van der Waals surface area contributed by atoms with Gasteiger partial charge in [0.15, 0.2) is 5.82 Å². The highest BCUT2D eigenvalue weighted by Gasteiger charge is 2.22. The minimum Gasteiger partial charge on any atom is -0.317 e. The first kappa shape index (κ1) is 17.6. The number of anilines is 1. The van der Waals surface area contributed by atoms with Gasteiger partial charge in [-0.3, -0.25) is 10.1 Å². The molecule has 2 heterocycles. The minimum atomic E-state index is -0.123. The summed E-state index contributed by atoms with van der Waals surface area (Å²) in [7, 11) is 1.83. The van der Waals surface area contributed by atoms with Gasteiger partial charge in [0.2, 0.25) is 11.9 Å². The lowest BCUT2D eigenvalue weighted by Gasteiger charge is -2.19. The standard InChI is InChI=1S/C19H27N5O/c1-13-4-6-15(7-5-13)12-14(2)18(25)22-19-21-17(23-24(19)3)16-8-10-20-11-9-16/h4-7,14,16,20H,8-12H2,1-3H3,(H,21,22,23,25). The maximum Gasteiger partial charge on any atom is 0.229 e. The summed E-state index contributed by atoms with van der Waals surface area (Å²) in [5.41, 5.74) is 2.40. The van der Waals surface area contributed by atoms with Crippen molar-refractivity contribution < 1.29 is 4.79 Å². The number of carbonyl (C=O) groups excluding carboxylic acids is 1. The molecule has 25 heavy (non-hydrogen) atoms. The zero-order valence-corrected chi connectivity index (χ0v) is 15.2. The van der Waals surface area contributed by atoms with E-state index >= 15 is 0 Å². The summed E-state index contributed by atoms with van der Waals surface area (Å²) in [6.07, 6.45) is 2.80. The summed E-state index contributed by atoms with van der Waals surface area (Å²) in [5, 5.41) is 10.8. The van der Waals surface area contributed by atoms with Gasteiger partial charge in [-0.2, -0.15) is 10.1 Å². The molecule has 134 valence electrons. The van der Waals surface area contributed by atoms with E-state index in [0.717, 1.165) is 31.8 Å². The molecule has 0 bridgehead atoms. The first-order valence-electron chi connectivity index (χ1n) is 9.01. The van der Waals surface area contributed by atoms with Gasteiger partial charge in [-0.05, 0) is 44.8 Å². The largest absolute Gasteiger partial charge is 0.317 e. The van der Waals surface area contributed by atoms with E-state index in [1.165, 1.54) is 11.1 Å². The van der Waals surface area contributed by atoms with Crippen LogP contribution in [0.25, 0.3) is 0 Å². The second-order valence-electron chi connectivity index (χ2n) is 7.02. The molecular formula is C19H27N5O. The summed E-state index contributed by atoms with van der Waals surface area (Å²) < 4.78 is 1.67. The third-order valence-electron chi connectivity index (χ3n) is 4.83. The zero-order chi connectivity index (χ0) is 17.8. The first-order valence-corrected chi connectivity index (χ1v) is 9.01. The molecule has 1 fully saturated rings. The Bertz CT molecular complexity index is 716. The Hall–Kier alpha value is -2.21. The average molecular weight is 341 g/mol. The van der Waals surface area contributed by atoms with Gasteiger partial charge in [0, 0.05) is 18.9 Å². The van der Waals surface area contributed by atoms with Crippen molar-refractivity contribution in [1.82, 2.24) is 20.1 Å². The van der Waals surface area contributed by atoms with Crippen molar-refractivity contribution in [1.29, 1.82) is 0 Å². The van der Waals surface area contributed by atoms with E-state index in [4.69, 9.17) is 0 Å². The maximum atomic E-state index is 12.5. The van der Waals surface area contributed by atoms with Crippen molar-refractivity contribution in [3.05, 3.63) is 41.2 Å². The van der Waals surface area contributed by atoms with Gasteiger partial charge in [-0.15, -0.1) is 0 Å². The number of aryl methyl sites for hydroxylation is 2. The van der Waals surface area contributed by atoms with Gasteiger partial charge in [-0.25, -0.2) is 4.68 Å². The summed E-state index contributed by atoms with van der Waals surface area (Å²) in [4.78, 5) is 17.1. The number of nitrogens with zero attached hydrogens (tertiary/aromatic N) is 3. The number of benzene rings is 1. The van der Waals surface area contributed by atoms with Gasteiger partial charge in [0.25, 0.3) is 0 Å². The Kier molecular flexibility index (Phi) is 5.48. The SMILES string of the molecule is Cc1ccc(CC(C)C(=O)Nc2nc(C3CCNCC3)nn2C)cc1. The number of hydrogen-bond acceptors (Lipinski definition) is 4. The lowest BCUT2D eigenvalue weighted by molar-refractivity contribution is -0.119. The Morgan fingerprint density at radius 1 is 1.32 bits per heavy atom.